The van der Waals surface area contributed by atoms with E-state index >= 15 is 0 Å². The first-order valence-corrected chi connectivity index (χ1v) is 7.34. The average molecular weight is 315 g/mol. The van der Waals surface area contributed by atoms with Gasteiger partial charge >= 0.3 is 5.97 Å². The zero-order chi connectivity index (χ0) is 15.5. The normalized spacial score (nSPS) is 12.2. The summed E-state index contributed by atoms with van der Waals surface area (Å²) >= 11 is 1.07. The summed E-state index contributed by atoms with van der Waals surface area (Å²) in [7, 11) is 1.34. The molecule has 6 nitrogen and oxygen atoms in total. The fourth-order valence-corrected chi connectivity index (χ4v) is 2.99. The Hall–Kier alpha value is -2.54. The molecule has 0 spiro atoms. The lowest BCUT2D eigenvalue weighted by Crippen LogP contribution is -2.11. The summed E-state index contributed by atoms with van der Waals surface area (Å²) in [4.78, 5) is 15.8. The molecule has 1 unspecified atom stereocenters. The van der Waals surface area contributed by atoms with E-state index < -0.39 is 0 Å². The maximum atomic E-state index is 11.8. The molecule has 0 aliphatic carbocycles. The molecule has 7 heteroatoms. The first kappa shape index (κ1) is 14.4. The number of methoxy groups -OCH3 is 1. The smallest absolute Gasteiger partial charge is 0.306 e. The number of carbonyl (C=O) groups excluding carboxylic acids is 1. The van der Waals surface area contributed by atoms with E-state index in [9.17, 15) is 9.90 Å². The second kappa shape index (κ2) is 6.07. The first-order chi connectivity index (χ1) is 10.7. The predicted molar refractivity (Wildman–Crippen MR) is 81.8 cm³/mol. The number of benzene rings is 1. The van der Waals surface area contributed by atoms with Crippen LogP contribution in [0.5, 0.6) is 5.75 Å². The summed E-state index contributed by atoms with van der Waals surface area (Å²) in [5.41, 5.74) is 2.75. The minimum absolute atomic E-state index is 0.0888. The van der Waals surface area contributed by atoms with Crippen LogP contribution < -0.4 is 0 Å². The van der Waals surface area contributed by atoms with Gasteiger partial charge in [0.15, 0.2) is 0 Å². The molecule has 1 aromatic carbocycles. The minimum Gasteiger partial charge on any atom is -0.508 e. The Balaban J connectivity index is 2.17. The number of esters is 1. The van der Waals surface area contributed by atoms with E-state index in [1.165, 1.54) is 7.11 Å². The number of aromatic hydroxyl groups is 1. The molecule has 3 aromatic rings. The lowest BCUT2D eigenvalue weighted by Gasteiger charge is -2.18. The summed E-state index contributed by atoms with van der Waals surface area (Å²) in [5, 5.41) is 10.3. The van der Waals surface area contributed by atoms with E-state index in [0.29, 0.717) is 16.6 Å². The summed E-state index contributed by atoms with van der Waals surface area (Å²) in [6, 6.07) is 6.90. The highest BCUT2D eigenvalue weighted by atomic mass is 32.1. The molecule has 1 atom stereocenters. The lowest BCUT2D eigenvalue weighted by atomic mass is 9.87. The van der Waals surface area contributed by atoms with Gasteiger partial charge in [0.1, 0.15) is 16.8 Å². The standard InChI is InChI=1S/C15H13N3O3S/c1-21-13(20)8-10(9-4-6-16-7-5-9)14-12(19)3-2-11-15(14)18-22-17-11/h2-7,10,19H,8H2,1H3. The second-order valence-electron chi connectivity index (χ2n) is 4.74. The highest BCUT2D eigenvalue weighted by Gasteiger charge is 2.25. The molecule has 2 heterocycles. The van der Waals surface area contributed by atoms with E-state index in [1.807, 2.05) is 12.1 Å². The van der Waals surface area contributed by atoms with Crippen LogP contribution in [0.15, 0.2) is 36.7 Å². The van der Waals surface area contributed by atoms with Crippen molar-refractivity contribution in [1.29, 1.82) is 0 Å². The van der Waals surface area contributed by atoms with Crippen molar-refractivity contribution in [2.75, 3.05) is 7.11 Å². The number of rotatable bonds is 4. The Morgan fingerprint density at radius 1 is 1.27 bits per heavy atom. The molecule has 0 saturated carbocycles. The molecule has 112 valence electrons. The monoisotopic (exact) mass is 315 g/mol. The van der Waals surface area contributed by atoms with E-state index in [0.717, 1.165) is 17.3 Å². The molecule has 0 fully saturated rings. The topological polar surface area (TPSA) is 85.2 Å². The molecule has 0 bridgehead atoms. The summed E-state index contributed by atoms with van der Waals surface area (Å²) < 4.78 is 13.2. The van der Waals surface area contributed by atoms with Gasteiger partial charge in [0.2, 0.25) is 0 Å². The van der Waals surface area contributed by atoms with Crippen LogP contribution >= 0.6 is 11.7 Å². The van der Waals surface area contributed by atoms with Gasteiger partial charge in [-0.25, -0.2) is 0 Å². The van der Waals surface area contributed by atoms with Crippen molar-refractivity contribution in [1.82, 2.24) is 13.7 Å². The van der Waals surface area contributed by atoms with Gasteiger partial charge in [0, 0.05) is 23.9 Å². The van der Waals surface area contributed by atoms with Crippen LogP contribution in [0.2, 0.25) is 0 Å². The van der Waals surface area contributed by atoms with E-state index in [-0.39, 0.29) is 24.1 Å². The van der Waals surface area contributed by atoms with Crippen molar-refractivity contribution >= 4 is 28.7 Å². The third kappa shape index (κ3) is 2.62. The predicted octanol–water partition coefficient (Wildman–Crippen LogP) is 2.49. The summed E-state index contributed by atoms with van der Waals surface area (Å²) in [6.07, 6.45) is 3.40. The van der Waals surface area contributed by atoms with Crippen LogP contribution in [0.1, 0.15) is 23.5 Å². The van der Waals surface area contributed by atoms with Crippen molar-refractivity contribution in [3.63, 3.8) is 0 Å². The molecule has 0 aliphatic rings. The fourth-order valence-electron chi connectivity index (χ4n) is 2.44. The number of hydrogen-bond acceptors (Lipinski definition) is 7. The molecule has 22 heavy (non-hydrogen) atoms. The lowest BCUT2D eigenvalue weighted by molar-refractivity contribution is -0.140. The molecule has 0 aliphatic heterocycles. The zero-order valence-electron chi connectivity index (χ0n) is 11.8. The van der Waals surface area contributed by atoms with Gasteiger partial charge in [-0.3, -0.25) is 9.78 Å². The van der Waals surface area contributed by atoms with Gasteiger partial charge in [-0.05, 0) is 29.8 Å². The Kier molecular flexibility index (Phi) is 3.97. The highest BCUT2D eigenvalue weighted by Crippen LogP contribution is 2.38. The zero-order valence-corrected chi connectivity index (χ0v) is 12.6. The molecule has 0 amide bonds. The number of carbonyl (C=O) groups is 1. The van der Waals surface area contributed by atoms with Crippen LogP contribution in [0.4, 0.5) is 0 Å². The molecule has 1 N–H and O–H groups in total. The van der Waals surface area contributed by atoms with Gasteiger partial charge in [-0.2, -0.15) is 8.75 Å². The SMILES string of the molecule is COC(=O)CC(c1ccncc1)c1c(O)ccc2nsnc12. The molecular weight excluding hydrogens is 302 g/mol. The average Bonchev–Trinajstić information content (AvgIpc) is 3.02. The number of fused-ring (bicyclic) bond motifs is 1. The summed E-state index contributed by atoms with van der Waals surface area (Å²) in [5.74, 6) is -0.643. The molecule has 0 radical (unpaired) electrons. The van der Waals surface area contributed by atoms with Gasteiger partial charge in [0.05, 0.1) is 25.3 Å². The van der Waals surface area contributed by atoms with E-state index in [4.69, 9.17) is 4.74 Å². The molecular formula is C15H13N3O3S. The molecule has 0 saturated heterocycles. The van der Waals surface area contributed by atoms with Crippen LogP contribution in [-0.2, 0) is 9.53 Å². The van der Waals surface area contributed by atoms with Crippen molar-refractivity contribution in [2.45, 2.75) is 12.3 Å². The number of phenols is 1. The Bertz CT molecular complexity index is 804. The number of ether oxygens (including phenoxy) is 1. The number of phenolic OH excluding ortho intramolecular Hbond substituents is 1. The first-order valence-electron chi connectivity index (χ1n) is 6.61. The van der Waals surface area contributed by atoms with Crippen LogP contribution in [0, 0.1) is 0 Å². The maximum absolute atomic E-state index is 11.8. The van der Waals surface area contributed by atoms with Gasteiger partial charge in [-0.15, -0.1) is 0 Å². The number of aromatic nitrogens is 3. The fraction of sp³-hybridized carbons (Fsp3) is 0.200. The van der Waals surface area contributed by atoms with Gasteiger partial charge in [0.25, 0.3) is 0 Å². The molecule has 3 rings (SSSR count). The van der Waals surface area contributed by atoms with Crippen molar-refractivity contribution in [2.24, 2.45) is 0 Å². The van der Waals surface area contributed by atoms with E-state index in [2.05, 4.69) is 13.7 Å². The largest absolute Gasteiger partial charge is 0.508 e. The number of nitrogens with zero attached hydrogens (tertiary/aromatic N) is 3. The minimum atomic E-state index is -0.372. The van der Waals surface area contributed by atoms with Gasteiger partial charge < -0.3 is 9.84 Å². The van der Waals surface area contributed by atoms with Crippen LogP contribution in [0.25, 0.3) is 11.0 Å². The van der Waals surface area contributed by atoms with Crippen molar-refractivity contribution in [3.8, 4) is 5.75 Å². The molecule has 2 aromatic heterocycles. The summed E-state index contributed by atoms with van der Waals surface area (Å²) in [6.45, 7) is 0. The third-order valence-electron chi connectivity index (χ3n) is 3.50. The van der Waals surface area contributed by atoms with Gasteiger partial charge in [-0.1, -0.05) is 0 Å². The van der Waals surface area contributed by atoms with Crippen molar-refractivity contribution < 1.29 is 14.6 Å². The third-order valence-corrected chi connectivity index (χ3v) is 4.04. The number of hydrogen-bond donors (Lipinski definition) is 1. The Morgan fingerprint density at radius 3 is 2.77 bits per heavy atom. The maximum Gasteiger partial charge on any atom is 0.306 e. The Morgan fingerprint density at radius 2 is 2.05 bits per heavy atom. The Labute approximate surface area is 130 Å². The van der Waals surface area contributed by atoms with Crippen LogP contribution in [0.3, 0.4) is 0 Å². The highest BCUT2D eigenvalue weighted by molar-refractivity contribution is 7.00. The van der Waals surface area contributed by atoms with Crippen molar-refractivity contribution in [3.05, 3.63) is 47.8 Å². The second-order valence-corrected chi connectivity index (χ2v) is 5.27. The van der Waals surface area contributed by atoms with E-state index in [1.54, 1.807) is 24.5 Å². The quantitative estimate of drug-likeness (QED) is 0.745. The number of pyridine rings is 1. The van der Waals surface area contributed by atoms with Crippen LogP contribution in [-0.4, -0.2) is 31.9 Å².